The molecule has 0 amide bonds. The molecule has 0 saturated carbocycles. The van der Waals surface area contributed by atoms with Crippen molar-refractivity contribution < 1.29 is 39.3 Å². The first-order valence-electron chi connectivity index (χ1n) is 8.15. The molecule has 0 aliphatic heterocycles. The molecule has 13 heteroatoms. The van der Waals surface area contributed by atoms with E-state index in [0.717, 1.165) is 11.9 Å². The zero-order chi connectivity index (χ0) is 22.9. The summed E-state index contributed by atoms with van der Waals surface area (Å²) in [5, 5.41) is 5.20. The zero-order valence-electron chi connectivity index (χ0n) is 15.1. The molecular weight excluding hydrogens is 440 g/mol. The van der Waals surface area contributed by atoms with Gasteiger partial charge in [0.05, 0.1) is 0 Å². The number of halogens is 6. The van der Waals surface area contributed by atoms with Crippen molar-refractivity contribution in [3.8, 4) is 0 Å². The number of alkyl halides is 6. The molecule has 0 radical (unpaired) electrons. The van der Waals surface area contributed by atoms with Gasteiger partial charge < -0.3 is 9.12 Å². The molecule has 0 spiro atoms. The largest absolute Gasteiger partial charge is 0.743 e. The van der Waals surface area contributed by atoms with Gasteiger partial charge in [0.25, 0.3) is 6.17 Å². The molecule has 162 valence electrons. The molecule has 0 N–H and O–H groups in total. The number of diazo groups is 1. The van der Waals surface area contributed by atoms with E-state index in [9.17, 15) is 39.3 Å². The van der Waals surface area contributed by atoms with Crippen LogP contribution in [0, 0.1) is 5.39 Å². The van der Waals surface area contributed by atoms with Crippen molar-refractivity contribution in [2.24, 2.45) is 0 Å². The van der Waals surface area contributed by atoms with Crippen LogP contribution in [0.2, 0.25) is 0 Å². The fourth-order valence-corrected chi connectivity index (χ4v) is 3.15. The zero-order valence-corrected chi connectivity index (χ0v) is 15.9. The van der Waals surface area contributed by atoms with Gasteiger partial charge in [-0.1, -0.05) is 18.2 Å². The molecule has 1 heterocycles. The van der Waals surface area contributed by atoms with E-state index in [0.29, 0.717) is 5.69 Å². The number of benzene rings is 2. The molecule has 2 aromatic carbocycles. The maximum absolute atomic E-state index is 11.8. The summed E-state index contributed by atoms with van der Waals surface area (Å²) >= 11 is 0. The molecule has 0 saturated heterocycles. The first-order chi connectivity index (χ1) is 13.8. The Hall–Kier alpha value is -2.85. The third-order valence-electron chi connectivity index (χ3n) is 4.10. The van der Waals surface area contributed by atoms with Crippen molar-refractivity contribution in [2.45, 2.75) is 31.1 Å². The lowest BCUT2D eigenvalue weighted by Gasteiger charge is -2.24. The van der Waals surface area contributed by atoms with Gasteiger partial charge in [-0.05, 0) is 19.1 Å². The van der Waals surface area contributed by atoms with E-state index in [2.05, 4.69) is 28.6 Å². The summed E-state index contributed by atoms with van der Waals surface area (Å²) in [6, 6.07) is 14.1. The number of hydrogen-bond donors (Lipinski definition) is 0. The van der Waals surface area contributed by atoms with E-state index < -0.39 is 27.7 Å². The highest BCUT2D eigenvalue weighted by molar-refractivity contribution is 7.86. The Bertz CT molecular complexity index is 1220. The number of fused-ring (bicyclic) bond motifs is 3. The van der Waals surface area contributed by atoms with Gasteiger partial charge in [-0.3, -0.25) is 0 Å². The summed E-state index contributed by atoms with van der Waals surface area (Å²) < 4.78 is 99.8. The number of aromatic nitrogens is 1. The predicted molar refractivity (Wildman–Crippen MR) is 95.5 cm³/mol. The minimum absolute atomic E-state index is 0.594. The first-order valence-corrected chi connectivity index (χ1v) is 9.56. The highest BCUT2D eigenvalue weighted by Crippen LogP contribution is 2.37. The summed E-state index contributed by atoms with van der Waals surface area (Å²) in [5.74, 6) is 0. The summed E-state index contributed by atoms with van der Waals surface area (Å²) in [5.41, 5.74) is 3.00. The van der Waals surface area contributed by atoms with Crippen molar-refractivity contribution >= 4 is 37.6 Å². The summed E-state index contributed by atoms with van der Waals surface area (Å²) in [4.78, 5) is 3.25. The van der Waals surface area contributed by atoms with Gasteiger partial charge in [-0.15, -0.1) is 0 Å². The van der Waals surface area contributed by atoms with Gasteiger partial charge in [0.1, 0.15) is 0 Å². The number of para-hydroxylation sites is 1. The fourth-order valence-electron chi connectivity index (χ4n) is 2.76. The first kappa shape index (κ1) is 23.4. The molecule has 1 unspecified atom stereocenters. The van der Waals surface area contributed by atoms with Gasteiger partial charge >= 0.3 is 17.1 Å². The van der Waals surface area contributed by atoms with E-state index in [4.69, 9.17) is 5.39 Å². The lowest BCUT2D eigenvalue weighted by atomic mass is 10.1. The Balaban J connectivity index is 0.000000224. The fraction of sp³-hybridized carbons (Fsp3) is 0.294. The second kappa shape index (κ2) is 8.11. The highest BCUT2D eigenvalue weighted by atomic mass is 32.2. The molecule has 0 bridgehead atoms. The average molecular weight is 453 g/mol. The molecule has 0 aliphatic rings. The summed E-state index contributed by atoms with van der Waals surface area (Å²) in [6.07, 6.45) is -11.1. The van der Waals surface area contributed by atoms with Crippen LogP contribution in [0.15, 0.2) is 42.5 Å². The molecule has 30 heavy (non-hydrogen) atoms. The van der Waals surface area contributed by atoms with Crippen LogP contribution >= 0.6 is 0 Å². The second-order valence-electron chi connectivity index (χ2n) is 5.98. The van der Waals surface area contributed by atoms with Crippen molar-refractivity contribution in [2.75, 3.05) is 0 Å². The van der Waals surface area contributed by atoms with Crippen molar-refractivity contribution in [1.82, 2.24) is 4.57 Å². The maximum Gasteiger partial charge on any atom is 0.426 e. The van der Waals surface area contributed by atoms with Crippen LogP contribution in [-0.4, -0.2) is 35.1 Å². The Morgan fingerprint density at radius 3 is 2.10 bits per heavy atom. The van der Waals surface area contributed by atoms with Crippen LogP contribution in [0.25, 0.3) is 26.8 Å². The van der Waals surface area contributed by atoms with Gasteiger partial charge in [0.15, 0.2) is 15.1 Å². The van der Waals surface area contributed by atoms with Crippen LogP contribution in [0.3, 0.4) is 0 Å². The molecule has 3 rings (SSSR count). The second-order valence-corrected chi connectivity index (χ2v) is 7.44. The number of aryl methyl sites for hydroxylation is 1. The minimum atomic E-state index is -6.66. The molecule has 1 aromatic heterocycles. The van der Waals surface area contributed by atoms with Crippen LogP contribution in [0.1, 0.15) is 6.92 Å². The van der Waals surface area contributed by atoms with E-state index in [-0.39, 0.29) is 0 Å². The average Bonchev–Trinajstić information content (AvgIpc) is 2.99. The van der Waals surface area contributed by atoms with E-state index in [1.807, 2.05) is 30.3 Å². The predicted octanol–water partition coefficient (Wildman–Crippen LogP) is 5.32. The standard InChI is InChI=1S/C14H12N3.C3H2F6O3S/c1-2-17-13-6-4-3-5-11(13)12-9-10(16-15)7-8-14(12)17;4-1(2(5,6)7)3(8,9)13(10,11)12/h3-9H,2H2,1H3;1H,(H,10,11,12)/q+1;/p-1. The maximum atomic E-state index is 11.8. The van der Waals surface area contributed by atoms with Gasteiger partial charge in [-0.2, -0.15) is 22.0 Å². The van der Waals surface area contributed by atoms with Crippen LogP contribution < -0.4 is 0 Å². The third-order valence-corrected chi connectivity index (χ3v) is 4.98. The van der Waals surface area contributed by atoms with Gasteiger partial charge in [-0.25, -0.2) is 12.8 Å². The third kappa shape index (κ3) is 4.34. The van der Waals surface area contributed by atoms with E-state index in [1.165, 1.54) is 16.4 Å². The molecule has 3 aromatic rings. The quantitative estimate of drug-likeness (QED) is 0.305. The lowest BCUT2D eigenvalue weighted by Crippen LogP contribution is -2.46. The Morgan fingerprint density at radius 2 is 1.63 bits per heavy atom. The molecule has 0 aliphatic carbocycles. The monoisotopic (exact) mass is 453 g/mol. The van der Waals surface area contributed by atoms with Crippen LogP contribution in [0.5, 0.6) is 0 Å². The number of nitrogens with zero attached hydrogens (tertiary/aromatic N) is 3. The Morgan fingerprint density at radius 1 is 1.07 bits per heavy atom. The van der Waals surface area contributed by atoms with E-state index in [1.54, 1.807) is 0 Å². The molecule has 1 atom stereocenters. The lowest BCUT2D eigenvalue weighted by molar-refractivity contribution is -0.223. The minimum Gasteiger partial charge on any atom is -0.743 e. The van der Waals surface area contributed by atoms with Crippen molar-refractivity contribution in [1.29, 1.82) is 5.39 Å². The van der Waals surface area contributed by atoms with Gasteiger partial charge in [0, 0.05) is 40.5 Å². The smallest absolute Gasteiger partial charge is 0.426 e. The molecule has 6 nitrogen and oxygen atoms in total. The highest BCUT2D eigenvalue weighted by Gasteiger charge is 2.61. The Labute approximate surface area is 166 Å². The molecular formula is C17H13F6N3O3S. The SMILES string of the molecule is CCn1c2ccccc2c2cc([N+]#N)ccc21.O=S(=O)([O-])C(F)(F)C(F)C(F)(F)F. The van der Waals surface area contributed by atoms with Crippen LogP contribution in [-0.2, 0) is 16.7 Å². The van der Waals surface area contributed by atoms with Crippen molar-refractivity contribution in [3.63, 3.8) is 0 Å². The topological polar surface area (TPSA) is 90.3 Å². The normalized spacial score (nSPS) is 13.6. The summed E-state index contributed by atoms with van der Waals surface area (Å²) in [6.45, 7) is 3.07. The van der Waals surface area contributed by atoms with Crippen molar-refractivity contribution in [3.05, 3.63) is 47.4 Å². The summed E-state index contributed by atoms with van der Waals surface area (Å²) in [7, 11) is -6.66. The number of hydrogen-bond acceptors (Lipinski definition) is 4. The van der Waals surface area contributed by atoms with Crippen LogP contribution in [0.4, 0.5) is 32.0 Å². The van der Waals surface area contributed by atoms with Gasteiger partial charge in [0.2, 0.25) is 5.39 Å². The number of rotatable bonds is 3. The Kier molecular flexibility index (Phi) is 6.34. The molecule has 0 fully saturated rings. The van der Waals surface area contributed by atoms with E-state index >= 15 is 0 Å².